The monoisotopic (exact) mass is 459 g/mol. The SMILES string of the molecule is COCCNC1CCC(NC2=NCCC(C3=CC(NCC4(C)CCOCC4)NN=C3)=N2)CC1. The second-order valence-corrected chi connectivity index (χ2v) is 9.94. The summed E-state index contributed by atoms with van der Waals surface area (Å²) in [5.74, 6) is 0.777. The molecular weight excluding hydrogens is 418 g/mol. The smallest absolute Gasteiger partial charge is 0.218 e. The van der Waals surface area contributed by atoms with Gasteiger partial charge in [-0.05, 0) is 50.0 Å². The summed E-state index contributed by atoms with van der Waals surface area (Å²) in [6, 6.07) is 1.03. The molecule has 33 heavy (non-hydrogen) atoms. The number of methoxy groups -OCH3 is 1. The molecule has 4 aliphatic rings. The summed E-state index contributed by atoms with van der Waals surface area (Å²) in [5, 5.41) is 15.2. The number of rotatable bonds is 9. The van der Waals surface area contributed by atoms with Gasteiger partial charge in [-0.2, -0.15) is 5.10 Å². The van der Waals surface area contributed by atoms with Gasteiger partial charge >= 0.3 is 0 Å². The molecule has 3 heterocycles. The second-order valence-electron chi connectivity index (χ2n) is 9.94. The molecule has 0 aromatic rings. The predicted molar refractivity (Wildman–Crippen MR) is 133 cm³/mol. The lowest BCUT2D eigenvalue weighted by molar-refractivity contribution is 0.0230. The number of hydrogen-bond acceptors (Lipinski definition) is 9. The van der Waals surface area contributed by atoms with Crippen molar-refractivity contribution >= 4 is 17.9 Å². The summed E-state index contributed by atoms with van der Waals surface area (Å²) in [6.07, 6.45) is 11.8. The van der Waals surface area contributed by atoms with Gasteiger partial charge in [-0.1, -0.05) is 6.92 Å². The van der Waals surface area contributed by atoms with Crippen LogP contribution in [-0.4, -0.2) is 82.7 Å². The fraction of sp³-hybridized carbons (Fsp3) is 0.792. The third-order valence-electron chi connectivity index (χ3n) is 7.20. The van der Waals surface area contributed by atoms with Crippen LogP contribution in [-0.2, 0) is 9.47 Å². The highest BCUT2D eigenvalue weighted by Gasteiger charge is 2.28. The summed E-state index contributed by atoms with van der Waals surface area (Å²) in [6.45, 7) is 7.45. The maximum Gasteiger partial charge on any atom is 0.218 e. The number of nitrogens with one attached hydrogen (secondary N) is 4. The van der Waals surface area contributed by atoms with Crippen LogP contribution in [0.2, 0.25) is 0 Å². The van der Waals surface area contributed by atoms with E-state index in [-0.39, 0.29) is 11.6 Å². The number of aliphatic imine (C=N–C) groups is 2. The van der Waals surface area contributed by atoms with Crippen LogP contribution in [0.25, 0.3) is 0 Å². The van der Waals surface area contributed by atoms with E-state index in [2.05, 4.69) is 44.5 Å². The Morgan fingerprint density at radius 3 is 2.73 bits per heavy atom. The van der Waals surface area contributed by atoms with Gasteiger partial charge in [0.15, 0.2) is 0 Å². The van der Waals surface area contributed by atoms with Gasteiger partial charge in [-0.25, -0.2) is 4.99 Å². The molecule has 0 radical (unpaired) electrons. The van der Waals surface area contributed by atoms with Crippen molar-refractivity contribution in [2.45, 2.75) is 70.1 Å². The molecule has 9 heteroatoms. The molecule has 2 fully saturated rings. The van der Waals surface area contributed by atoms with Crippen molar-refractivity contribution in [2.75, 3.05) is 46.6 Å². The lowest BCUT2D eigenvalue weighted by Crippen LogP contribution is -2.47. The first-order valence-corrected chi connectivity index (χ1v) is 12.6. The quantitative estimate of drug-likeness (QED) is 0.390. The lowest BCUT2D eigenvalue weighted by Gasteiger charge is -2.35. The molecule has 3 aliphatic heterocycles. The number of allylic oxidation sites excluding steroid dienone is 1. The van der Waals surface area contributed by atoms with Gasteiger partial charge in [0, 0.05) is 64.0 Å². The standard InChI is InChI=1S/C24H41N7O2/c1-24(8-12-33-13-9-24)17-27-22-15-18(16-28-31-22)21-7-10-26-23(30-21)29-20-5-3-19(4-6-20)25-11-14-32-2/h15-16,19-20,22,25,27,31H,3-14,17H2,1-2H3,(H,26,29). The van der Waals surface area contributed by atoms with Gasteiger partial charge in [-0.15, -0.1) is 0 Å². The summed E-state index contributed by atoms with van der Waals surface area (Å²) in [7, 11) is 1.75. The molecular formula is C24H41N7O2. The minimum Gasteiger partial charge on any atom is -0.383 e. The largest absolute Gasteiger partial charge is 0.383 e. The van der Waals surface area contributed by atoms with Crippen LogP contribution in [0.4, 0.5) is 0 Å². The highest BCUT2D eigenvalue weighted by atomic mass is 16.5. The Labute approximate surface area is 198 Å². The molecule has 0 aromatic carbocycles. The van der Waals surface area contributed by atoms with E-state index in [4.69, 9.17) is 14.5 Å². The van der Waals surface area contributed by atoms with Crippen molar-refractivity contribution in [1.82, 2.24) is 21.4 Å². The van der Waals surface area contributed by atoms with Gasteiger partial charge in [-0.3, -0.25) is 15.7 Å². The zero-order valence-corrected chi connectivity index (χ0v) is 20.2. The molecule has 1 atom stereocenters. The van der Waals surface area contributed by atoms with Crippen LogP contribution in [0.5, 0.6) is 0 Å². The van der Waals surface area contributed by atoms with Crippen molar-refractivity contribution in [2.24, 2.45) is 20.5 Å². The first kappa shape index (κ1) is 24.3. The minimum atomic E-state index is 0.0172. The molecule has 0 bridgehead atoms. The normalized spacial score (nSPS) is 29.5. The van der Waals surface area contributed by atoms with E-state index in [0.29, 0.717) is 12.1 Å². The summed E-state index contributed by atoms with van der Waals surface area (Å²) in [4.78, 5) is 9.51. The molecule has 0 amide bonds. The Morgan fingerprint density at radius 1 is 1.15 bits per heavy atom. The van der Waals surface area contributed by atoms with Crippen LogP contribution in [0.3, 0.4) is 0 Å². The van der Waals surface area contributed by atoms with Gasteiger partial charge in [0.05, 0.1) is 18.5 Å². The fourth-order valence-corrected chi connectivity index (χ4v) is 4.88. The number of guanidine groups is 1. The van der Waals surface area contributed by atoms with E-state index >= 15 is 0 Å². The average Bonchev–Trinajstić information content (AvgIpc) is 2.85. The molecule has 4 rings (SSSR count). The van der Waals surface area contributed by atoms with E-state index in [1.54, 1.807) is 7.11 Å². The second kappa shape index (κ2) is 12.1. The fourth-order valence-electron chi connectivity index (χ4n) is 4.88. The van der Waals surface area contributed by atoms with Crippen molar-refractivity contribution in [3.05, 3.63) is 11.6 Å². The van der Waals surface area contributed by atoms with Crippen LogP contribution in [0.1, 0.15) is 51.9 Å². The van der Waals surface area contributed by atoms with E-state index in [0.717, 1.165) is 88.8 Å². The molecule has 0 aromatic heterocycles. The number of ether oxygens (including phenoxy) is 2. The third-order valence-corrected chi connectivity index (χ3v) is 7.20. The first-order chi connectivity index (χ1) is 16.1. The first-order valence-electron chi connectivity index (χ1n) is 12.6. The van der Waals surface area contributed by atoms with E-state index in [1.165, 1.54) is 12.8 Å². The molecule has 0 spiro atoms. The summed E-state index contributed by atoms with van der Waals surface area (Å²) < 4.78 is 10.7. The molecule has 4 N–H and O–H groups in total. The Hall–Kier alpha value is -1.81. The van der Waals surface area contributed by atoms with Crippen LogP contribution in [0.15, 0.2) is 26.7 Å². The number of hydrogen-bond donors (Lipinski definition) is 4. The Morgan fingerprint density at radius 2 is 1.94 bits per heavy atom. The van der Waals surface area contributed by atoms with Crippen LogP contribution >= 0.6 is 0 Å². The highest BCUT2D eigenvalue weighted by molar-refractivity contribution is 6.20. The van der Waals surface area contributed by atoms with E-state index < -0.39 is 0 Å². The molecule has 184 valence electrons. The Balaban J connectivity index is 1.27. The zero-order chi connectivity index (χ0) is 22.9. The van der Waals surface area contributed by atoms with Crippen molar-refractivity contribution in [3.63, 3.8) is 0 Å². The van der Waals surface area contributed by atoms with Crippen molar-refractivity contribution in [3.8, 4) is 0 Å². The molecule has 1 unspecified atom stereocenters. The van der Waals surface area contributed by atoms with E-state index in [1.807, 2.05) is 6.21 Å². The maximum atomic E-state index is 5.52. The summed E-state index contributed by atoms with van der Waals surface area (Å²) >= 11 is 0. The average molecular weight is 460 g/mol. The zero-order valence-electron chi connectivity index (χ0n) is 20.2. The number of hydrazone groups is 1. The molecule has 9 nitrogen and oxygen atoms in total. The topological polar surface area (TPSA) is 104 Å². The van der Waals surface area contributed by atoms with Gasteiger partial charge in [0.25, 0.3) is 0 Å². The lowest BCUT2D eigenvalue weighted by atomic mass is 9.82. The predicted octanol–water partition coefficient (Wildman–Crippen LogP) is 1.57. The van der Waals surface area contributed by atoms with Gasteiger partial charge in [0.2, 0.25) is 5.96 Å². The molecule has 1 saturated heterocycles. The Kier molecular flexibility index (Phi) is 8.89. The minimum absolute atomic E-state index is 0.0172. The number of nitrogens with zero attached hydrogens (tertiary/aromatic N) is 3. The highest BCUT2D eigenvalue weighted by Crippen LogP contribution is 2.28. The summed E-state index contributed by atoms with van der Waals surface area (Å²) in [5.41, 5.74) is 5.61. The van der Waals surface area contributed by atoms with Crippen molar-refractivity contribution in [1.29, 1.82) is 0 Å². The van der Waals surface area contributed by atoms with E-state index in [9.17, 15) is 0 Å². The third kappa shape index (κ3) is 7.34. The van der Waals surface area contributed by atoms with Gasteiger partial charge < -0.3 is 20.1 Å². The van der Waals surface area contributed by atoms with Crippen LogP contribution < -0.4 is 21.4 Å². The maximum absolute atomic E-state index is 5.52. The molecule has 1 aliphatic carbocycles. The van der Waals surface area contributed by atoms with Crippen molar-refractivity contribution < 1.29 is 9.47 Å². The molecule has 1 saturated carbocycles. The Bertz CT molecular complexity index is 750. The van der Waals surface area contributed by atoms with Gasteiger partial charge in [0.1, 0.15) is 6.17 Å². The van der Waals surface area contributed by atoms with Crippen LogP contribution in [0, 0.1) is 5.41 Å².